The number of allylic oxidation sites excluding steroid dienone is 4. The third kappa shape index (κ3) is 3.41. The van der Waals surface area contributed by atoms with Crippen molar-refractivity contribution in [1.29, 1.82) is 0 Å². The lowest BCUT2D eigenvalue weighted by Crippen LogP contribution is -1.99. The van der Waals surface area contributed by atoms with E-state index in [2.05, 4.69) is 31.2 Å². The van der Waals surface area contributed by atoms with Crippen LogP contribution in [0.4, 0.5) is 0 Å². The molecule has 1 atom stereocenters. The van der Waals surface area contributed by atoms with Gasteiger partial charge in [0.1, 0.15) is 0 Å². The molecule has 0 nitrogen and oxygen atoms in total. The van der Waals surface area contributed by atoms with Crippen LogP contribution in [0, 0.1) is 5.92 Å². The fourth-order valence-electron chi connectivity index (χ4n) is 1.60. The molecule has 11 heavy (non-hydrogen) atoms. The van der Waals surface area contributed by atoms with Gasteiger partial charge in [-0.05, 0) is 44.9 Å². The van der Waals surface area contributed by atoms with Crippen molar-refractivity contribution in [3.63, 3.8) is 0 Å². The summed E-state index contributed by atoms with van der Waals surface area (Å²) in [5, 5.41) is 0. The van der Waals surface area contributed by atoms with E-state index in [4.69, 9.17) is 0 Å². The van der Waals surface area contributed by atoms with Gasteiger partial charge in [0.2, 0.25) is 0 Å². The maximum atomic E-state index is 2.40. The molecule has 1 aliphatic carbocycles. The molecule has 0 amide bonds. The van der Waals surface area contributed by atoms with Gasteiger partial charge in [-0.3, -0.25) is 0 Å². The minimum Gasteiger partial charge on any atom is -0.0917 e. The zero-order chi connectivity index (χ0) is 7.94. The maximum absolute atomic E-state index is 2.40. The second kappa shape index (κ2) is 5.17. The smallest absolute Gasteiger partial charge is 0.0230 e. The average Bonchev–Trinajstić information content (AvgIpc) is 2.07. The molecule has 0 N–H and O–H groups in total. The standard InChI is InChI=1S/C11H18/c1-2-3-5-8-11-9-6-4-7-10-11/h2-3,6,9,11H,4-5,7-8,10H2,1H3. The van der Waals surface area contributed by atoms with Crippen molar-refractivity contribution in [3.05, 3.63) is 24.3 Å². The fourth-order valence-corrected chi connectivity index (χ4v) is 1.60. The summed E-state index contributed by atoms with van der Waals surface area (Å²) in [4.78, 5) is 0. The molecule has 0 heterocycles. The summed E-state index contributed by atoms with van der Waals surface area (Å²) in [6.45, 7) is 2.09. The van der Waals surface area contributed by atoms with Gasteiger partial charge in [-0.25, -0.2) is 0 Å². The van der Waals surface area contributed by atoms with Crippen LogP contribution < -0.4 is 0 Å². The summed E-state index contributed by atoms with van der Waals surface area (Å²) in [7, 11) is 0. The van der Waals surface area contributed by atoms with Crippen LogP contribution in [0.25, 0.3) is 0 Å². The monoisotopic (exact) mass is 150 g/mol. The number of hydrogen-bond donors (Lipinski definition) is 0. The normalized spacial score (nSPS) is 24.6. The molecule has 0 aromatic heterocycles. The van der Waals surface area contributed by atoms with E-state index in [1.807, 2.05) is 0 Å². The summed E-state index contributed by atoms with van der Waals surface area (Å²) >= 11 is 0. The highest BCUT2D eigenvalue weighted by Gasteiger charge is 2.05. The molecule has 0 saturated heterocycles. The van der Waals surface area contributed by atoms with E-state index < -0.39 is 0 Å². The van der Waals surface area contributed by atoms with E-state index in [0.29, 0.717) is 0 Å². The summed E-state index contributed by atoms with van der Waals surface area (Å²) < 4.78 is 0. The quantitative estimate of drug-likeness (QED) is 0.538. The minimum absolute atomic E-state index is 0.875. The summed E-state index contributed by atoms with van der Waals surface area (Å²) in [6.07, 6.45) is 15.9. The Morgan fingerprint density at radius 2 is 2.45 bits per heavy atom. The predicted octanol–water partition coefficient (Wildman–Crippen LogP) is 3.70. The highest BCUT2D eigenvalue weighted by molar-refractivity contribution is 4.93. The lowest BCUT2D eigenvalue weighted by molar-refractivity contribution is 0.509. The highest BCUT2D eigenvalue weighted by atomic mass is 14.1. The Labute approximate surface area is 70.0 Å². The molecule has 0 saturated carbocycles. The van der Waals surface area contributed by atoms with Gasteiger partial charge >= 0.3 is 0 Å². The largest absolute Gasteiger partial charge is 0.0917 e. The van der Waals surface area contributed by atoms with Crippen LogP contribution in [0.3, 0.4) is 0 Å². The van der Waals surface area contributed by atoms with Crippen molar-refractivity contribution in [2.24, 2.45) is 5.92 Å². The van der Waals surface area contributed by atoms with Gasteiger partial charge in [0.15, 0.2) is 0 Å². The van der Waals surface area contributed by atoms with Crippen LogP contribution in [0.15, 0.2) is 24.3 Å². The lowest BCUT2D eigenvalue weighted by atomic mass is 9.92. The number of hydrogen-bond acceptors (Lipinski definition) is 0. The molecular formula is C11H18. The van der Waals surface area contributed by atoms with E-state index in [9.17, 15) is 0 Å². The van der Waals surface area contributed by atoms with Crippen molar-refractivity contribution in [2.75, 3.05) is 0 Å². The zero-order valence-electron chi connectivity index (χ0n) is 7.42. The fraction of sp³-hybridized carbons (Fsp3) is 0.636. The Kier molecular flexibility index (Phi) is 4.03. The molecule has 0 fully saturated rings. The van der Waals surface area contributed by atoms with Crippen molar-refractivity contribution in [2.45, 2.75) is 39.0 Å². The zero-order valence-corrected chi connectivity index (χ0v) is 7.42. The van der Waals surface area contributed by atoms with Gasteiger partial charge in [0.05, 0.1) is 0 Å². The van der Waals surface area contributed by atoms with E-state index in [1.54, 1.807) is 0 Å². The number of rotatable bonds is 3. The van der Waals surface area contributed by atoms with Gasteiger partial charge in [-0.15, -0.1) is 0 Å². The first-order valence-corrected chi connectivity index (χ1v) is 4.71. The van der Waals surface area contributed by atoms with Gasteiger partial charge < -0.3 is 0 Å². The van der Waals surface area contributed by atoms with Crippen LogP contribution in [-0.4, -0.2) is 0 Å². The molecule has 0 aromatic rings. The molecule has 1 unspecified atom stereocenters. The maximum Gasteiger partial charge on any atom is -0.0230 e. The Morgan fingerprint density at radius 1 is 1.55 bits per heavy atom. The third-order valence-electron chi connectivity index (χ3n) is 2.29. The lowest BCUT2D eigenvalue weighted by Gasteiger charge is -2.14. The third-order valence-corrected chi connectivity index (χ3v) is 2.29. The van der Waals surface area contributed by atoms with Crippen molar-refractivity contribution in [1.82, 2.24) is 0 Å². The molecular weight excluding hydrogens is 132 g/mol. The molecule has 0 aromatic carbocycles. The summed E-state index contributed by atoms with van der Waals surface area (Å²) in [6, 6.07) is 0. The van der Waals surface area contributed by atoms with Crippen LogP contribution >= 0.6 is 0 Å². The van der Waals surface area contributed by atoms with Gasteiger partial charge in [-0.2, -0.15) is 0 Å². The molecule has 0 radical (unpaired) electrons. The van der Waals surface area contributed by atoms with E-state index in [0.717, 1.165) is 5.92 Å². The predicted molar refractivity (Wildman–Crippen MR) is 50.5 cm³/mol. The molecule has 0 aliphatic heterocycles. The topological polar surface area (TPSA) is 0 Å². The molecule has 0 bridgehead atoms. The van der Waals surface area contributed by atoms with E-state index in [-0.39, 0.29) is 0 Å². The summed E-state index contributed by atoms with van der Waals surface area (Å²) in [5.41, 5.74) is 0. The molecule has 1 rings (SSSR count). The highest BCUT2D eigenvalue weighted by Crippen LogP contribution is 2.21. The molecule has 0 heteroatoms. The first-order chi connectivity index (χ1) is 5.43. The first-order valence-electron chi connectivity index (χ1n) is 4.71. The Hall–Kier alpha value is -0.520. The SMILES string of the molecule is CC=CCCC1C=CCCC1. The van der Waals surface area contributed by atoms with Gasteiger partial charge in [-0.1, -0.05) is 24.3 Å². The second-order valence-corrected chi connectivity index (χ2v) is 3.27. The second-order valence-electron chi connectivity index (χ2n) is 3.27. The summed E-state index contributed by atoms with van der Waals surface area (Å²) in [5.74, 6) is 0.875. The van der Waals surface area contributed by atoms with Crippen LogP contribution in [0.1, 0.15) is 39.0 Å². The molecule has 0 spiro atoms. The first kappa shape index (κ1) is 8.58. The van der Waals surface area contributed by atoms with Gasteiger partial charge in [0.25, 0.3) is 0 Å². The average molecular weight is 150 g/mol. The van der Waals surface area contributed by atoms with Crippen LogP contribution in [-0.2, 0) is 0 Å². The Balaban J connectivity index is 2.15. The Bertz CT molecular complexity index is 142. The van der Waals surface area contributed by atoms with E-state index in [1.165, 1.54) is 32.1 Å². The minimum atomic E-state index is 0.875. The van der Waals surface area contributed by atoms with Crippen molar-refractivity contribution in [3.8, 4) is 0 Å². The van der Waals surface area contributed by atoms with Crippen LogP contribution in [0.5, 0.6) is 0 Å². The Morgan fingerprint density at radius 3 is 3.09 bits per heavy atom. The van der Waals surface area contributed by atoms with Crippen LogP contribution in [0.2, 0.25) is 0 Å². The molecule has 1 aliphatic rings. The molecule has 62 valence electrons. The van der Waals surface area contributed by atoms with E-state index >= 15 is 0 Å². The van der Waals surface area contributed by atoms with Crippen molar-refractivity contribution < 1.29 is 0 Å². The van der Waals surface area contributed by atoms with Gasteiger partial charge in [0, 0.05) is 0 Å². The van der Waals surface area contributed by atoms with Crippen molar-refractivity contribution >= 4 is 0 Å².